The van der Waals surface area contributed by atoms with Gasteiger partial charge in [0.15, 0.2) is 0 Å². The Morgan fingerprint density at radius 1 is 1.22 bits per heavy atom. The summed E-state index contributed by atoms with van der Waals surface area (Å²) in [5.74, 6) is -0.756. The van der Waals surface area contributed by atoms with Gasteiger partial charge >= 0.3 is 5.97 Å². The maximum Gasteiger partial charge on any atom is 0.350 e. The minimum Gasteiger partial charge on any atom is -0.462 e. The molecule has 2 heterocycles. The first-order valence-electron chi connectivity index (χ1n) is 8.73. The van der Waals surface area contributed by atoms with Crippen LogP contribution in [-0.2, 0) is 11.3 Å². The molecule has 1 N–H and O–H groups in total. The predicted molar refractivity (Wildman–Crippen MR) is 106 cm³/mol. The highest BCUT2D eigenvalue weighted by Crippen LogP contribution is 2.35. The minimum absolute atomic E-state index is 0.271. The number of nitrogens with one attached hydrogen (secondary N) is 1. The minimum atomic E-state index is -0.444. The molecule has 140 valence electrons. The molecule has 0 unspecified atom stereocenters. The van der Waals surface area contributed by atoms with Gasteiger partial charge in [-0.3, -0.25) is 9.48 Å². The van der Waals surface area contributed by atoms with Crippen LogP contribution in [0.1, 0.15) is 39.4 Å². The molecule has 1 aromatic carbocycles. The standard InChI is InChI=1S/C20H21N3O3S/c1-4-23-12-15(11-21-23)19(24)22-16-10-17(14-8-6-13(3)7-9-14)27-18(16)20(25)26-5-2/h6-12H,4-5H2,1-3H3,(H,22,24). The summed E-state index contributed by atoms with van der Waals surface area (Å²) in [6, 6.07) is 9.82. The summed E-state index contributed by atoms with van der Waals surface area (Å²) in [6.07, 6.45) is 3.18. The molecule has 0 aliphatic rings. The maximum atomic E-state index is 12.6. The van der Waals surface area contributed by atoms with E-state index >= 15 is 0 Å². The van der Waals surface area contributed by atoms with E-state index in [0.29, 0.717) is 22.7 Å². The number of ether oxygens (including phenoxy) is 1. The van der Waals surface area contributed by atoms with Gasteiger partial charge in [-0.25, -0.2) is 4.79 Å². The molecule has 0 fully saturated rings. The van der Waals surface area contributed by atoms with Crippen LogP contribution in [0.4, 0.5) is 5.69 Å². The number of carbonyl (C=O) groups is 2. The number of hydrogen-bond acceptors (Lipinski definition) is 5. The van der Waals surface area contributed by atoms with Gasteiger partial charge in [0, 0.05) is 17.6 Å². The van der Waals surface area contributed by atoms with Crippen LogP contribution in [0.3, 0.4) is 0 Å². The lowest BCUT2D eigenvalue weighted by Crippen LogP contribution is -2.13. The van der Waals surface area contributed by atoms with E-state index in [4.69, 9.17) is 4.74 Å². The highest BCUT2D eigenvalue weighted by molar-refractivity contribution is 7.18. The van der Waals surface area contributed by atoms with Crippen molar-refractivity contribution in [2.45, 2.75) is 27.3 Å². The Labute approximate surface area is 161 Å². The molecule has 3 rings (SSSR count). The second-order valence-corrected chi connectivity index (χ2v) is 7.03. The van der Waals surface area contributed by atoms with Gasteiger partial charge in [0.25, 0.3) is 5.91 Å². The van der Waals surface area contributed by atoms with Crippen molar-refractivity contribution >= 4 is 28.9 Å². The zero-order valence-electron chi connectivity index (χ0n) is 15.5. The van der Waals surface area contributed by atoms with Crippen LogP contribution >= 0.6 is 11.3 Å². The number of esters is 1. The fourth-order valence-corrected chi connectivity index (χ4v) is 3.55. The van der Waals surface area contributed by atoms with Gasteiger partial charge in [-0.2, -0.15) is 5.10 Å². The monoisotopic (exact) mass is 383 g/mol. The highest BCUT2D eigenvalue weighted by Gasteiger charge is 2.21. The number of hydrogen-bond donors (Lipinski definition) is 1. The van der Waals surface area contributed by atoms with Crippen molar-refractivity contribution in [1.29, 1.82) is 0 Å². The van der Waals surface area contributed by atoms with Crippen molar-refractivity contribution in [3.05, 3.63) is 58.7 Å². The Kier molecular flexibility index (Phi) is 5.71. The molecular formula is C20H21N3O3S. The van der Waals surface area contributed by atoms with Crippen LogP contribution in [0, 0.1) is 6.92 Å². The fourth-order valence-electron chi connectivity index (χ4n) is 2.54. The number of aryl methyl sites for hydroxylation is 2. The first-order valence-corrected chi connectivity index (χ1v) is 9.55. The van der Waals surface area contributed by atoms with E-state index in [-0.39, 0.29) is 12.5 Å². The molecule has 2 aromatic heterocycles. The molecule has 0 atom stereocenters. The fraction of sp³-hybridized carbons (Fsp3) is 0.250. The number of nitrogens with zero attached hydrogens (tertiary/aromatic N) is 2. The van der Waals surface area contributed by atoms with Crippen LogP contribution in [0.5, 0.6) is 0 Å². The third-order valence-electron chi connectivity index (χ3n) is 4.00. The second-order valence-electron chi connectivity index (χ2n) is 5.98. The van der Waals surface area contributed by atoms with E-state index < -0.39 is 5.97 Å². The second kappa shape index (κ2) is 8.18. The Hall–Kier alpha value is -2.93. The molecule has 3 aromatic rings. The van der Waals surface area contributed by atoms with Gasteiger partial charge in [-0.15, -0.1) is 11.3 Å². The maximum absolute atomic E-state index is 12.6. The predicted octanol–water partition coefficient (Wildman–Crippen LogP) is 4.37. The van der Waals surface area contributed by atoms with E-state index in [1.165, 1.54) is 17.5 Å². The first kappa shape index (κ1) is 18.8. The topological polar surface area (TPSA) is 73.2 Å². The van der Waals surface area contributed by atoms with E-state index in [0.717, 1.165) is 16.0 Å². The van der Waals surface area contributed by atoms with Crippen molar-refractivity contribution in [2.75, 3.05) is 11.9 Å². The third kappa shape index (κ3) is 4.25. The molecule has 7 heteroatoms. The Morgan fingerprint density at radius 3 is 2.59 bits per heavy atom. The molecule has 0 bridgehead atoms. The summed E-state index contributed by atoms with van der Waals surface area (Å²) in [5.41, 5.74) is 3.02. The first-order chi connectivity index (χ1) is 13.0. The summed E-state index contributed by atoms with van der Waals surface area (Å²) in [7, 11) is 0. The molecule has 27 heavy (non-hydrogen) atoms. The molecule has 0 spiro atoms. The molecule has 0 aliphatic carbocycles. The molecule has 0 saturated heterocycles. The van der Waals surface area contributed by atoms with E-state index in [2.05, 4.69) is 10.4 Å². The van der Waals surface area contributed by atoms with Gasteiger partial charge in [0.1, 0.15) is 4.88 Å². The number of amides is 1. The van der Waals surface area contributed by atoms with Crippen molar-refractivity contribution in [3.8, 4) is 10.4 Å². The van der Waals surface area contributed by atoms with Gasteiger partial charge in [-0.05, 0) is 32.4 Å². The van der Waals surface area contributed by atoms with E-state index in [1.807, 2.05) is 44.2 Å². The molecule has 0 saturated carbocycles. The highest BCUT2D eigenvalue weighted by atomic mass is 32.1. The number of anilines is 1. The molecular weight excluding hydrogens is 362 g/mol. The lowest BCUT2D eigenvalue weighted by atomic mass is 10.1. The van der Waals surface area contributed by atoms with Gasteiger partial charge in [0.2, 0.25) is 0 Å². The van der Waals surface area contributed by atoms with E-state index in [1.54, 1.807) is 17.8 Å². The molecule has 1 amide bonds. The third-order valence-corrected chi connectivity index (χ3v) is 5.16. The average Bonchev–Trinajstić information content (AvgIpc) is 3.29. The summed E-state index contributed by atoms with van der Waals surface area (Å²) in [4.78, 5) is 26.2. The Bertz CT molecular complexity index is 957. The summed E-state index contributed by atoms with van der Waals surface area (Å²) < 4.78 is 6.82. The Morgan fingerprint density at radius 2 is 1.96 bits per heavy atom. The van der Waals surface area contributed by atoms with Gasteiger partial charge in [-0.1, -0.05) is 29.8 Å². The van der Waals surface area contributed by atoms with Crippen LogP contribution in [0.2, 0.25) is 0 Å². The smallest absolute Gasteiger partial charge is 0.350 e. The summed E-state index contributed by atoms with van der Waals surface area (Å²) in [5, 5.41) is 6.93. The molecule has 0 radical (unpaired) electrons. The van der Waals surface area contributed by atoms with Crippen molar-refractivity contribution in [2.24, 2.45) is 0 Å². The van der Waals surface area contributed by atoms with Gasteiger partial charge in [0.05, 0.1) is 24.1 Å². The number of thiophene rings is 1. The quantitative estimate of drug-likeness (QED) is 0.642. The Balaban J connectivity index is 1.92. The zero-order valence-corrected chi connectivity index (χ0v) is 16.3. The number of rotatable bonds is 6. The number of benzene rings is 1. The van der Waals surface area contributed by atoms with E-state index in [9.17, 15) is 9.59 Å². The largest absolute Gasteiger partial charge is 0.462 e. The van der Waals surface area contributed by atoms with Crippen LogP contribution in [0.15, 0.2) is 42.7 Å². The summed E-state index contributed by atoms with van der Waals surface area (Å²) >= 11 is 1.30. The molecule has 0 aliphatic heterocycles. The van der Waals surface area contributed by atoms with Crippen LogP contribution < -0.4 is 5.32 Å². The van der Waals surface area contributed by atoms with Crippen LogP contribution in [0.25, 0.3) is 10.4 Å². The number of aromatic nitrogens is 2. The van der Waals surface area contributed by atoms with Gasteiger partial charge < -0.3 is 10.1 Å². The summed E-state index contributed by atoms with van der Waals surface area (Å²) in [6.45, 7) is 6.67. The van der Waals surface area contributed by atoms with Crippen molar-refractivity contribution in [3.63, 3.8) is 0 Å². The number of carbonyl (C=O) groups excluding carboxylic acids is 2. The van der Waals surface area contributed by atoms with Crippen LogP contribution in [-0.4, -0.2) is 28.3 Å². The lowest BCUT2D eigenvalue weighted by Gasteiger charge is -2.04. The van der Waals surface area contributed by atoms with Crippen molar-refractivity contribution in [1.82, 2.24) is 9.78 Å². The average molecular weight is 383 g/mol. The normalized spacial score (nSPS) is 10.6. The lowest BCUT2D eigenvalue weighted by molar-refractivity contribution is 0.0533. The molecule has 6 nitrogen and oxygen atoms in total. The zero-order chi connectivity index (χ0) is 19.4. The van der Waals surface area contributed by atoms with Crippen molar-refractivity contribution < 1.29 is 14.3 Å². The SMILES string of the molecule is CCOC(=O)c1sc(-c2ccc(C)cc2)cc1NC(=O)c1cnn(CC)c1.